The van der Waals surface area contributed by atoms with Gasteiger partial charge in [-0.2, -0.15) is 0 Å². The minimum absolute atomic E-state index is 0.0549. The summed E-state index contributed by atoms with van der Waals surface area (Å²) in [7, 11) is 1.85. The molecule has 102 valence electrons. The number of nitrogens with zero attached hydrogens (tertiary/aromatic N) is 2. The fraction of sp³-hybridized carbons (Fsp3) is 0.385. The van der Waals surface area contributed by atoms with Crippen molar-refractivity contribution in [3.05, 3.63) is 40.7 Å². The van der Waals surface area contributed by atoms with E-state index in [2.05, 4.69) is 20.8 Å². The lowest BCUT2D eigenvalue weighted by atomic mass is 10.1. The summed E-state index contributed by atoms with van der Waals surface area (Å²) in [5.41, 5.74) is 1.21. The fourth-order valence-corrected chi connectivity index (χ4v) is 1.70. The highest BCUT2D eigenvalue weighted by Gasteiger charge is 2.11. The minimum atomic E-state index is 0.0549. The van der Waals surface area contributed by atoms with Crippen LogP contribution in [0.5, 0.6) is 0 Å². The average molecular weight is 281 g/mol. The first-order valence-electron chi connectivity index (χ1n) is 6.18. The number of aromatic nitrogens is 2. The van der Waals surface area contributed by atoms with Crippen LogP contribution < -0.4 is 10.6 Å². The Balaban J connectivity index is 1.82. The Kier molecular flexibility index (Phi) is 4.76. The molecule has 1 aromatic carbocycles. The van der Waals surface area contributed by atoms with Gasteiger partial charge in [0, 0.05) is 11.6 Å². The van der Waals surface area contributed by atoms with Gasteiger partial charge in [0.1, 0.15) is 0 Å². The van der Waals surface area contributed by atoms with E-state index in [0.29, 0.717) is 11.9 Å². The van der Waals surface area contributed by atoms with Crippen LogP contribution in [0, 0.1) is 0 Å². The zero-order valence-electron chi connectivity index (χ0n) is 11.0. The smallest absolute Gasteiger partial charge is 0.315 e. The fourth-order valence-electron chi connectivity index (χ4n) is 1.57. The summed E-state index contributed by atoms with van der Waals surface area (Å²) in [6, 6.07) is 8.29. The SMILES string of the molecule is CNC(C)c1nnc(NCCc2ccc(Cl)cc2)o1. The Morgan fingerprint density at radius 3 is 2.68 bits per heavy atom. The molecule has 0 fully saturated rings. The molecule has 2 N–H and O–H groups in total. The predicted octanol–water partition coefficient (Wildman–Crippen LogP) is 2.66. The molecule has 0 spiro atoms. The molecule has 0 bridgehead atoms. The van der Waals surface area contributed by atoms with Gasteiger partial charge in [0.15, 0.2) is 0 Å². The van der Waals surface area contributed by atoms with Gasteiger partial charge in [-0.05, 0) is 38.1 Å². The van der Waals surface area contributed by atoms with Crippen LogP contribution in [0.3, 0.4) is 0 Å². The molecule has 1 heterocycles. The van der Waals surface area contributed by atoms with Gasteiger partial charge >= 0.3 is 6.01 Å². The van der Waals surface area contributed by atoms with E-state index in [1.165, 1.54) is 5.56 Å². The third kappa shape index (κ3) is 3.94. The van der Waals surface area contributed by atoms with Crippen molar-refractivity contribution < 1.29 is 4.42 Å². The average Bonchev–Trinajstić information content (AvgIpc) is 2.89. The highest BCUT2D eigenvalue weighted by atomic mass is 35.5. The number of hydrogen-bond acceptors (Lipinski definition) is 5. The van der Waals surface area contributed by atoms with Gasteiger partial charge in [0.25, 0.3) is 0 Å². The van der Waals surface area contributed by atoms with E-state index in [0.717, 1.165) is 18.0 Å². The van der Waals surface area contributed by atoms with Crippen LogP contribution in [0.25, 0.3) is 0 Å². The summed E-state index contributed by atoms with van der Waals surface area (Å²) in [5.74, 6) is 0.580. The van der Waals surface area contributed by atoms with Gasteiger partial charge in [0.2, 0.25) is 5.89 Å². The third-order valence-corrected chi connectivity index (χ3v) is 3.10. The number of anilines is 1. The molecule has 1 atom stereocenters. The summed E-state index contributed by atoms with van der Waals surface area (Å²) in [4.78, 5) is 0. The summed E-state index contributed by atoms with van der Waals surface area (Å²) in [6.07, 6.45) is 0.871. The zero-order chi connectivity index (χ0) is 13.7. The van der Waals surface area contributed by atoms with Gasteiger partial charge in [0.05, 0.1) is 6.04 Å². The molecule has 0 amide bonds. The van der Waals surface area contributed by atoms with Gasteiger partial charge in [-0.25, -0.2) is 0 Å². The van der Waals surface area contributed by atoms with Crippen molar-refractivity contribution >= 4 is 17.6 Å². The Bertz CT molecular complexity index is 512. The topological polar surface area (TPSA) is 63.0 Å². The lowest BCUT2D eigenvalue weighted by Crippen LogP contribution is -2.12. The maximum Gasteiger partial charge on any atom is 0.315 e. The molecule has 2 aromatic rings. The van der Waals surface area contributed by atoms with Crippen LogP contribution in [0.2, 0.25) is 5.02 Å². The number of halogens is 1. The van der Waals surface area contributed by atoms with Gasteiger partial charge in [-0.1, -0.05) is 28.8 Å². The van der Waals surface area contributed by atoms with Crippen molar-refractivity contribution in [2.45, 2.75) is 19.4 Å². The molecule has 19 heavy (non-hydrogen) atoms. The molecule has 6 heteroatoms. The molecule has 0 aliphatic heterocycles. The predicted molar refractivity (Wildman–Crippen MR) is 75.4 cm³/mol. The highest BCUT2D eigenvalue weighted by Crippen LogP contribution is 2.13. The second-order valence-corrected chi connectivity index (χ2v) is 4.70. The number of nitrogens with one attached hydrogen (secondary N) is 2. The Hall–Kier alpha value is -1.59. The van der Waals surface area contributed by atoms with E-state index < -0.39 is 0 Å². The third-order valence-electron chi connectivity index (χ3n) is 2.85. The lowest BCUT2D eigenvalue weighted by Gasteiger charge is -2.03. The summed E-state index contributed by atoms with van der Waals surface area (Å²) < 4.78 is 5.48. The molecule has 0 aliphatic carbocycles. The first kappa shape index (κ1) is 13.8. The Morgan fingerprint density at radius 1 is 1.26 bits per heavy atom. The van der Waals surface area contributed by atoms with Gasteiger partial charge < -0.3 is 15.1 Å². The Morgan fingerprint density at radius 2 is 2.00 bits per heavy atom. The van der Waals surface area contributed by atoms with E-state index in [-0.39, 0.29) is 6.04 Å². The van der Waals surface area contributed by atoms with E-state index in [9.17, 15) is 0 Å². The lowest BCUT2D eigenvalue weighted by molar-refractivity contribution is 0.441. The molecule has 0 saturated heterocycles. The van der Waals surface area contributed by atoms with Gasteiger partial charge in [-0.3, -0.25) is 0 Å². The summed E-state index contributed by atoms with van der Waals surface area (Å²) >= 11 is 5.83. The van der Waals surface area contributed by atoms with Crippen LogP contribution in [0.4, 0.5) is 6.01 Å². The second kappa shape index (κ2) is 6.54. The van der Waals surface area contributed by atoms with E-state index in [1.54, 1.807) is 0 Å². The van der Waals surface area contributed by atoms with Crippen molar-refractivity contribution in [1.29, 1.82) is 0 Å². The van der Waals surface area contributed by atoms with Crippen LogP contribution in [-0.4, -0.2) is 23.8 Å². The number of benzene rings is 1. The first-order valence-corrected chi connectivity index (χ1v) is 6.56. The first-order chi connectivity index (χ1) is 9.19. The quantitative estimate of drug-likeness (QED) is 0.852. The molecule has 0 radical (unpaired) electrons. The molecule has 0 saturated carbocycles. The zero-order valence-corrected chi connectivity index (χ0v) is 11.7. The van der Waals surface area contributed by atoms with E-state index >= 15 is 0 Å². The normalized spacial score (nSPS) is 12.4. The van der Waals surface area contributed by atoms with Crippen molar-refractivity contribution in [3.8, 4) is 0 Å². The minimum Gasteiger partial charge on any atom is -0.406 e. The molecule has 0 aliphatic rings. The molecule has 2 rings (SSSR count). The van der Waals surface area contributed by atoms with Gasteiger partial charge in [-0.15, -0.1) is 5.10 Å². The highest BCUT2D eigenvalue weighted by molar-refractivity contribution is 6.30. The van der Waals surface area contributed by atoms with Crippen molar-refractivity contribution in [2.75, 3.05) is 18.9 Å². The maximum absolute atomic E-state index is 5.83. The monoisotopic (exact) mass is 280 g/mol. The summed E-state index contributed by atoms with van der Waals surface area (Å²) in [6.45, 7) is 2.70. The number of hydrogen-bond donors (Lipinski definition) is 2. The molecule has 1 unspecified atom stereocenters. The molecular formula is C13H17ClN4O. The van der Waals surface area contributed by atoms with Crippen LogP contribution in [-0.2, 0) is 6.42 Å². The molecular weight excluding hydrogens is 264 g/mol. The summed E-state index contributed by atoms with van der Waals surface area (Å²) in [5, 5.41) is 14.8. The number of rotatable bonds is 6. The molecule has 5 nitrogen and oxygen atoms in total. The second-order valence-electron chi connectivity index (χ2n) is 4.26. The van der Waals surface area contributed by atoms with Crippen LogP contribution >= 0.6 is 11.6 Å². The largest absolute Gasteiger partial charge is 0.406 e. The van der Waals surface area contributed by atoms with Crippen molar-refractivity contribution in [3.63, 3.8) is 0 Å². The van der Waals surface area contributed by atoms with E-state index in [4.69, 9.17) is 16.0 Å². The Labute approximate surface area is 117 Å². The van der Waals surface area contributed by atoms with Crippen molar-refractivity contribution in [1.82, 2.24) is 15.5 Å². The standard InChI is InChI=1S/C13H17ClN4O/c1-9(15-2)12-17-18-13(19-12)16-8-7-10-3-5-11(14)6-4-10/h3-6,9,15H,7-8H2,1-2H3,(H,16,18). The van der Waals surface area contributed by atoms with Crippen LogP contribution in [0.1, 0.15) is 24.4 Å². The van der Waals surface area contributed by atoms with Crippen molar-refractivity contribution in [2.24, 2.45) is 0 Å². The molecule has 1 aromatic heterocycles. The maximum atomic E-state index is 5.83. The van der Waals surface area contributed by atoms with Crippen LogP contribution in [0.15, 0.2) is 28.7 Å². The van der Waals surface area contributed by atoms with E-state index in [1.807, 2.05) is 38.2 Å².